The number of hydrogen-bond acceptors (Lipinski definition) is 3. The Labute approximate surface area is 94.1 Å². The van der Waals surface area contributed by atoms with Crippen LogP contribution in [0.25, 0.3) is 0 Å². The number of nitrogens with one attached hydrogen (secondary N) is 1. The summed E-state index contributed by atoms with van der Waals surface area (Å²) in [5.41, 5.74) is 1.27. The molecule has 0 saturated heterocycles. The highest BCUT2D eigenvalue weighted by Crippen LogP contribution is 2.28. The van der Waals surface area contributed by atoms with Gasteiger partial charge in [0.15, 0.2) is 0 Å². The first-order valence-corrected chi connectivity index (χ1v) is 5.67. The molecule has 2 aromatic heterocycles. The van der Waals surface area contributed by atoms with Crippen LogP contribution >= 0.6 is 0 Å². The van der Waals surface area contributed by atoms with E-state index >= 15 is 0 Å². The Morgan fingerprint density at radius 1 is 1.56 bits per heavy atom. The molecule has 5 heteroatoms. The second-order valence-electron chi connectivity index (χ2n) is 4.02. The Morgan fingerprint density at radius 3 is 3.31 bits per heavy atom. The van der Waals surface area contributed by atoms with Gasteiger partial charge in [-0.25, -0.2) is 4.98 Å². The molecule has 16 heavy (non-hydrogen) atoms. The molecule has 1 aliphatic rings. The Kier molecular flexibility index (Phi) is 2.16. The molecule has 0 amide bonds. The normalized spacial score (nSPS) is 19.2. The smallest absolute Gasteiger partial charge is 0.203 e. The molecule has 0 radical (unpaired) electrons. The maximum absolute atomic E-state index is 4.33. The van der Waals surface area contributed by atoms with Crippen molar-refractivity contribution in [3.63, 3.8) is 0 Å². The van der Waals surface area contributed by atoms with Crippen LogP contribution in [-0.2, 0) is 6.54 Å². The summed E-state index contributed by atoms with van der Waals surface area (Å²) in [7, 11) is 0. The summed E-state index contributed by atoms with van der Waals surface area (Å²) in [6.07, 6.45) is 9.03. The van der Waals surface area contributed by atoms with Gasteiger partial charge in [-0.3, -0.25) is 4.68 Å². The molecule has 0 bridgehead atoms. The zero-order chi connectivity index (χ0) is 11.0. The lowest BCUT2D eigenvalue weighted by molar-refractivity contribution is 0.529. The Hall–Kier alpha value is -1.78. The predicted molar refractivity (Wildman–Crippen MR) is 61.4 cm³/mol. The van der Waals surface area contributed by atoms with Crippen molar-refractivity contribution in [1.82, 2.24) is 19.3 Å². The molecule has 1 unspecified atom stereocenters. The van der Waals surface area contributed by atoms with Crippen molar-refractivity contribution >= 4 is 5.95 Å². The van der Waals surface area contributed by atoms with Crippen molar-refractivity contribution in [2.45, 2.75) is 25.9 Å². The first-order valence-electron chi connectivity index (χ1n) is 5.67. The Bertz CT molecular complexity index is 484. The molecule has 2 aromatic rings. The number of imidazole rings is 1. The predicted octanol–water partition coefficient (Wildman–Crippen LogP) is 1.50. The van der Waals surface area contributed by atoms with Gasteiger partial charge in [-0.1, -0.05) is 0 Å². The molecule has 84 valence electrons. The Balaban J connectivity index is 1.97. The van der Waals surface area contributed by atoms with E-state index in [-0.39, 0.29) is 0 Å². The van der Waals surface area contributed by atoms with Crippen LogP contribution in [0.15, 0.2) is 24.8 Å². The van der Waals surface area contributed by atoms with E-state index in [1.54, 1.807) is 0 Å². The molecule has 0 saturated carbocycles. The summed E-state index contributed by atoms with van der Waals surface area (Å²) in [6, 6.07) is 0.374. The van der Waals surface area contributed by atoms with Crippen LogP contribution in [-0.4, -0.2) is 25.9 Å². The van der Waals surface area contributed by atoms with Crippen molar-refractivity contribution in [3.05, 3.63) is 30.4 Å². The molecular weight excluding hydrogens is 202 g/mol. The van der Waals surface area contributed by atoms with Crippen molar-refractivity contribution in [2.24, 2.45) is 0 Å². The third-order valence-electron chi connectivity index (χ3n) is 3.07. The van der Waals surface area contributed by atoms with Gasteiger partial charge >= 0.3 is 0 Å². The average molecular weight is 217 g/mol. The standard InChI is InChI=1S/C11H15N5/c1-2-15-8-9(7-14-15)10-3-4-12-11-13-5-6-16(10)11/h5-8,10H,2-4H2,1H3,(H,12,13). The molecule has 3 heterocycles. The lowest BCUT2D eigenvalue weighted by Gasteiger charge is -2.25. The molecular formula is C11H15N5. The SMILES string of the molecule is CCn1cc(C2CCNc3nccn32)cn1. The molecule has 0 aromatic carbocycles. The van der Waals surface area contributed by atoms with Gasteiger partial charge < -0.3 is 9.88 Å². The molecule has 1 atom stereocenters. The number of nitrogens with zero attached hydrogens (tertiary/aromatic N) is 4. The zero-order valence-electron chi connectivity index (χ0n) is 9.30. The first-order chi connectivity index (χ1) is 7.88. The molecule has 1 N–H and O–H groups in total. The number of fused-ring (bicyclic) bond motifs is 1. The molecule has 0 spiro atoms. The van der Waals surface area contributed by atoms with E-state index in [1.165, 1.54) is 5.56 Å². The summed E-state index contributed by atoms with van der Waals surface area (Å²) < 4.78 is 4.15. The van der Waals surface area contributed by atoms with E-state index < -0.39 is 0 Å². The maximum Gasteiger partial charge on any atom is 0.203 e. The monoisotopic (exact) mass is 217 g/mol. The fourth-order valence-electron chi connectivity index (χ4n) is 2.21. The second kappa shape index (κ2) is 3.66. The van der Waals surface area contributed by atoms with E-state index in [0.717, 1.165) is 25.5 Å². The van der Waals surface area contributed by atoms with Gasteiger partial charge in [-0.05, 0) is 13.3 Å². The summed E-state index contributed by atoms with van der Waals surface area (Å²) in [6.45, 7) is 3.99. The van der Waals surface area contributed by atoms with E-state index in [0.29, 0.717) is 6.04 Å². The molecule has 0 aliphatic carbocycles. The van der Waals surface area contributed by atoms with Crippen LogP contribution < -0.4 is 5.32 Å². The van der Waals surface area contributed by atoms with Gasteiger partial charge in [0.2, 0.25) is 5.95 Å². The van der Waals surface area contributed by atoms with Crippen LogP contribution in [0.4, 0.5) is 5.95 Å². The molecule has 5 nitrogen and oxygen atoms in total. The van der Waals surface area contributed by atoms with Gasteiger partial charge in [0.25, 0.3) is 0 Å². The molecule has 0 fully saturated rings. The van der Waals surface area contributed by atoms with Crippen molar-refractivity contribution in [1.29, 1.82) is 0 Å². The second-order valence-corrected chi connectivity index (χ2v) is 4.02. The first kappa shape index (κ1) is 9.45. The van der Waals surface area contributed by atoms with E-state index in [2.05, 4.69) is 33.1 Å². The van der Waals surface area contributed by atoms with E-state index in [1.807, 2.05) is 23.3 Å². The number of rotatable bonds is 2. The lowest BCUT2D eigenvalue weighted by atomic mass is 10.1. The minimum absolute atomic E-state index is 0.374. The maximum atomic E-state index is 4.33. The Morgan fingerprint density at radius 2 is 2.50 bits per heavy atom. The third kappa shape index (κ3) is 1.39. The van der Waals surface area contributed by atoms with Crippen LogP contribution in [0, 0.1) is 0 Å². The van der Waals surface area contributed by atoms with Gasteiger partial charge in [-0.2, -0.15) is 5.10 Å². The lowest BCUT2D eigenvalue weighted by Crippen LogP contribution is -2.23. The molecule has 1 aliphatic heterocycles. The highest BCUT2D eigenvalue weighted by atomic mass is 15.3. The summed E-state index contributed by atoms with van der Waals surface area (Å²) >= 11 is 0. The molecule has 3 rings (SSSR count). The van der Waals surface area contributed by atoms with Gasteiger partial charge in [0, 0.05) is 37.2 Å². The number of hydrogen-bond donors (Lipinski definition) is 1. The third-order valence-corrected chi connectivity index (χ3v) is 3.07. The average Bonchev–Trinajstić information content (AvgIpc) is 2.97. The van der Waals surface area contributed by atoms with Crippen LogP contribution in [0.1, 0.15) is 24.9 Å². The zero-order valence-corrected chi connectivity index (χ0v) is 9.30. The topological polar surface area (TPSA) is 47.7 Å². The largest absolute Gasteiger partial charge is 0.356 e. The van der Waals surface area contributed by atoms with Crippen LogP contribution in [0.5, 0.6) is 0 Å². The minimum Gasteiger partial charge on any atom is -0.356 e. The van der Waals surface area contributed by atoms with Crippen molar-refractivity contribution in [2.75, 3.05) is 11.9 Å². The summed E-state index contributed by atoms with van der Waals surface area (Å²) in [5, 5.41) is 7.62. The van der Waals surface area contributed by atoms with Gasteiger partial charge in [-0.15, -0.1) is 0 Å². The van der Waals surface area contributed by atoms with E-state index in [4.69, 9.17) is 0 Å². The highest BCUT2D eigenvalue weighted by Gasteiger charge is 2.21. The number of aryl methyl sites for hydroxylation is 1. The van der Waals surface area contributed by atoms with Gasteiger partial charge in [0.1, 0.15) is 0 Å². The highest BCUT2D eigenvalue weighted by molar-refractivity contribution is 5.32. The van der Waals surface area contributed by atoms with Crippen molar-refractivity contribution < 1.29 is 0 Å². The number of aromatic nitrogens is 4. The quantitative estimate of drug-likeness (QED) is 0.829. The van der Waals surface area contributed by atoms with Gasteiger partial charge in [0.05, 0.1) is 12.2 Å². The van der Waals surface area contributed by atoms with Crippen LogP contribution in [0.2, 0.25) is 0 Å². The summed E-state index contributed by atoms with van der Waals surface area (Å²) in [4.78, 5) is 4.28. The summed E-state index contributed by atoms with van der Waals surface area (Å²) in [5.74, 6) is 0.959. The van der Waals surface area contributed by atoms with Crippen LogP contribution in [0.3, 0.4) is 0 Å². The fraction of sp³-hybridized carbons (Fsp3) is 0.455. The number of anilines is 1. The minimum atomic E-state index is 0.374. The fourth-order valence-corrected chi connectivity index (χ4v) is 2.21. The van der Waals surface area contributed by atoms with E-state index in [9.17, 15) is 0 Å². The van der Waals surface area contributed by atoms with Crippen molar-refractivity contribution in [3.8, 4) is 0 Å².